The van der Waals surface area contributed by atoms with Crippen LogP contribution in [0.1, 0.15) is 15.9 Å². The van der Waals surface area contributed by atoms with E-state index >= 15 is 0 Å². The third-order valence-corrected chi connectivity index (χ3v) is 2.21. The number of halogens is 3. The van der Waals surface area contributed by atoms with Crippen LogP contribution in [0.5, 0.6) is 5.75 Å². The van der Waals surface area contributed by atoms with Crippen molar-refractivity contribution in [2.45, 2.75) is 6.36 Å². The van der Waals surface area contributed by atoms with Gasteiger partial charge in [0, 0.05) is 23.5 Å². The van der Waals surface area contributed by atoms with Crippen LogP contribution in [0.3, 0.4) is 0 Å². The van der Waals surface area contributed by atoms with Crippen molar-refractivity contribution in [1.29, 1.82) is 0 Å². The van der Waals surface area contributed by atoms with Gasteiger partial charge in [0.2, 0.25) is 0 Å². The number of carbonyl (C=O) groups is 1. The maximum Gasteiger partial charge on any atom is 0.573 e. The van der Waals surface area contributed by atoms with Gasteiger partial charge >= 0.3 is 6.36 Å². The zero-order valence-electron chi connectivity index (χ0n) is 8.99. The molecule has 6 heteroatoms. The Hall–Kier alpha value is -2.24. The molecule has 1 heterocycles. The summed E-state index contributed by atoms with van der Waals surface area (Å²) in [6.45, 7) is 0. The van der Waals surface area contributed by atoms with E-state index in [1.165, 1.54) is 18.3 Å². The summed E-state index contributed by atoms with van der Waals surface area (Å²) in [6, 6.07) is 6.37. The fourth-order valence-corrected chi connectivity index (χ4v) is 1.44. The maximum atomic E-state index is 11.9. The van der Waals surface area contributed by atoms with Crippen molar-refractivity contribution in [3.8, 4) is 5.75 Å². The van der Waals surface area contributed by atoms with Crippen LogP contribution < -0.4 is 4.74 Å². The minimum atomic E-state index is -4.73. The third kappa shape index (κ3) is 2.91. The van der Waals surface area contributed by atoms with Crippen molar-refractivity contribution < 1.29 is 22.7 Å². The van der Waals surface area contributed by atoms with Gasteiger partial charge < -0.3 is 9.72 Å². The maximum absolute atomic E-state index is 11.9. The Labute approximate surface area is 100 Å². The molecule has 2 rings (SSSR count). The smallest absolute Gasteiger partial charge is 0.406 e. The van der Waals surface area contributed by atoms with Gasteiger partial charge in [-0.15, -0.1) is 13.2 Å². The molecular formula is C12H8F3NO2. The summed E-state index contributed by atoms with van der Waals surface area (Å²) >= 11 is 0. The number of H-pyrrole nitrogens is 1. The van der Waals surface area contributed by atoms with Crippen LogP contribution in [0.15, 0.2) is 42.7 Å². The van der Waals surface area contributed by atoms with Gasteiger partial charge in [-0.2, -0.15) is 0 Å². The average molecular weight is 255 g/mol. The van der Waals surface area contributed by atoms with E-state index in [0.29, 0.717) is 11.1 Å². The molecular weight excluding hydrogens is 247 g/mol. The first kappa shape index (κ1) is 12.2. The molecule has 94 valence electrons. The number of nitrogens with one attached hydrogen (secondary N) is 1. The summed E-state index contributed by atoms with van der Waals surface area (Å²) in [5, 5.41) is 0. The number of benzene rings is 1. The number of hydrogen-bond acceptors (Lipinski definition) is 2. The predicted molar refractivity (Wildman–Crippen MR) is 57.4 cm³/mol. The lowest BCUT2D eigenvalue weighted by atomic mass is 10.1. The van der Waals surface area contributed by atoms with E-state index < -0.39 is 6.36 Å². The van der Waals surface area contributed by atoms with Gasteiger partial charge in [-0.25, -0.2) is 0 Å². The molecule has 0 saturated carbocycles. The zero-order chi connectivity index (χ0) is 13.2. The molecule has 0 unspecified atom stereocenters. The minimum absolute atomic E-state index is 0.269. The molecule has 3 nitrogen and oxygen atoms in total. The van der Waals surface area contributed by atoms with E-state index in [2.05, 4.69) is 9.72 Å². The second-order valence-corrected chi connectivity index (χ2v) is 3.50. The van der Waals surface area contributed by atoms with Crippen molar-refractivity contribution in [3.63, 3.8) is 0 Å². The molecule has 0 bridgehead atoms. The van der Waals surface area contributed by atoms with Crippen molar-refractivity contribution >= 4 is 5.78 Å². The monoisotopic (exact) mass is 255 g/mol. The highest BCUT2D eigenvalue weighted by Crippen LogP contribution is 2.23. The van der Waals surface area contributed by atoms with Crippen molar-refractivity contribution in [2.24, 2.45) is 0 Å². The molecule has 2 aromatic rings. The Kier molecular flexibility index (Phi) is 3.10. The summed E-state index contributed by atoms with van der Waals surface area (Å²) in [5.74, 6) is -0.622. The van der Waals surface area contributed by atoms with Crippen molar-refractivity contribution in [3.05, 3.63) is 53.9 Å². The molecule has 0 atom stereocenters. The molecule has 18 heavy (non-hydrogen) atoms. The SMILES string of the molecule is O=C(c1ccc(OC(F)(F)F)cc1)c1cc[nH]c1. The molecule has 0 aliphatic heterocycles. The molecule has 0 aliphatic carbocycles. The highest BCUT2D eigenvalue weighted by atomic mass is 19.4. The number of ketones is 1. The highest BCUT2D eigenvalue weighted by Gasteiger charge is 2.31. The summed E-state index contributed by atoms with van der Waals surface area (Å²) in [6.07, 6.45) is -1.62. The van der Waals surface area contributed by atoms with Gasteiger partial charge in [-0.1, -0.05) is 0 Å². The second-order valence-electron chi connectivity index (χ2n) is 3.50. The lowest BCUT2D eigenvalue weighted by Gasteiger charge is -2.08. The topological polar surface area (TPSA) is 42.1 Å². The normalized spacial score (nSPS) is 11.3. The molecule has 0 amide bonds. The van der Waals surface area contributed by atoms with Gasteiger partial charge in [0.05, 0.1) is 0 Å². The van der Waals surface area contributed by atoms with Crippen molar-refractivity contribution in [1.82, 2.24) is 4.98 Å². The third-order valence-electron chi connectivity index (χ3n) is 2.21. The number of aromatic amines is 1. The lowest BCUT2D eigenvalue weighted by molar-refractivity contribution is -0.274. The van der Waals surface area contributed by atoms with Crippen LogP contribution in [-0.4, -0.2) is 17.1 Å². The van der Waals surface area contributed by atoms with E-state index in [9.17, 15) is 18.0 Å². The molecule has 1 aromatic carbocycles. The van der Waals surface area contributed by atoms with Crippen LogP contribution in [0.25, 0.3) is 0 Å². The van der Waals surface area contributed by atoms with Gasteiger partial charge in [0.15, 0.2) is 5.78 Å². The number of rotatable bonds is 3. The number of ether oxygens (including phenoxy) is 1. The van der Waals surface area contributed by atoms with Gasteiger partial charge in [0.1, 0.15) is 5.75 Å². The predicted octanol–water partition coefficient (Wildman–Crippen LogP) is 3.14. The van der Waals surface area contributed by atoms with Gasteiger partial charge in [-0.05, 0) is 30.3 Å². The minimum Gasteiger partial charge on any atom is -0.406 e. The number of alkyl halides is 3. The Morgan fingerprint density at radius 2 is 1.72 bits per heavy atom. The van der Waals surface area contributed by atoms with E-state index in [-0.39, 0.29) is 11.5 Å². The summed E-state index contributed by atoms with van der Waals surface area (Å²) in [4.78, 5) is 14.5. The number of aromatic nitrogens is 1. The Morgan fingerprint density at radius 1 is 1.06 bits per heavy atom. The Morgan fingerprint density at radius 3 is 2.22 bits per heavy atom. The number of hydrogen-bond donors (Lipinski definition) is 1. The van der Waals surface area contributed by atoms with Crippen LogP contribution in [0.4, 0.5) is 13.2 Å². The highest BCUT2D eigenvalue weighted by molar-refractivity contribution is 6.08. The van der Waals surface area contributed by atoms with E-state index in [1.54, 1.807) is 12.3 Å². The fourth-order valence-electron chi connectivity index (χ4n) is 1.44. The van der Waals surface area contributed by atoms with Gasteiger partial charge in [-0.3, -0.25) is 4.79 Å². The van der Waals surface area contributed by atoms with Crippen LogP contribution in [0, 0.1) is 0 Å². The molecule has 1 N–H and O–H groups in total. The molecule has 0 saturated heterocycles. The Balaban J connectivity index is 2.15. The first-order valence-corrected chi connectivity index (χ1v) is 4.99. The summed E-state index contributed by atoms with van der Waals surface area (Å²) in [7, 11) is 0. The summed E-state index contributed by atoms with van der Waals surface area (Å²) < 4.78 is 39.5. The first-order chi connectivity index (χ1) is 8.46. The van der Waals surface area contributed by atoms with Gasteiger partial charge in [0.25, 0.3) is 0 Å². The van der Waals surface area contributed by atoms with Crippen LogP contribution in [0.2, 0.25) is 0 Å². The summed E-state index contributed by atoms with van der Waals surface area (Å²) in [5.41, 5.74) is 0.739. The average Bonchev–Trinajstić information content (AvgIpc) is 2.80. The van der Waals surface area contributed by atoms with Crippen molar-refractivity contribution in [2.75, 3.05) is 0 Å². The molecule has 1 aromatic heterocycles. The Bertz CT molecular complexity index is 529. The largest absolute Gasteiger partial charge is 0.573 e. The second kappa shape index (κ2) is 4.56. The fraction of sp³-hybridized carbons (Fsp3) is 0.0833. The van der Waals surface area contributed by atoms with E-state index in [0.717, 1.165) is 12.1 Å². The zero-order valence-corrected chi connectivity index (χ0v) is 8.99. The molecule has 0 aliphatic rings. The molecule has 0 spiro atoms. The lowest BCUT2D eigenvalue weighted by Crippen LogP contribution is -2.17. The van der Waals surface area contributed by atoms with E-state index in [1.807, 2.05) is 0 Å². The van der Waals surface area contributed by atoms with Crippen LogP contribution in [-0.2, 0) is 0 Å². The number of carbonyl (C=O) groups excluding carboxylic acids is 1. The van der Waals surface area contributed by atoms with Crippen LogP contribution >= 0.6 is 0 Å². The quantitative estimate of drug-likeness (QED) is 0.856. The standard InChI is InChI=1S/C12H8F3NO2/c13-12(14,15)18-10-3-1-8(2-4-10)11(17)9-5-6-16-7-9/h1-7,16H. The first-order valence-electron chi connectivity index (χ1n) is 4.99. The molecule has 0 radical (unpaired) electrons. The van der Waals surface area contributed by atoms with E-state index in [4.69, 9.17) is 0 Å². The molecule has 0 fully saturated rings.